The van der Waals surface area contributed by atoms with E-state index in [1.54, 1.807) is 0 Å². The second kappa shape index (κ2) is 2.87. The minimum atomic E-state index is -0.0457. The molecule has 1 rings (SSSR count). The molecule has 62 valence electrons. The van der Waals surface area contributed by atoms with Crippen LogP contribution in [0.2, 0.25) is 0 Å². The Hall–Kier alpha value is -0.480. The molecule has 0 radical (unpaired) electrons. The van der Waals surface area contributed by atoms with E-state index in [1.165, 1.54) is 12.8 Å². The maximum atomic E-state index is 5.46. The summed E-state index contributed by atoms with van der Waals surface area (Å²) in [4.78, 5) is 2.41. The first-order chi connectivity index (χ1) is 5.11. The van der Waals surface area contributed by atoms with Crippen molar-refractivity contribution >= 4 is 0 Å². The topological polar surface area (TPSA) is 3.24 Å². The second-order valence-electron chi connectivity index (χ2n) is 3.72. The molecule has 0 aliphatic heterocycles. The first-order valence-electron chi connectivity index (χ1n) is 4.36. The summed E-state index contributed by atoms with van der Waals surface area (Å²) in [5.74, 6) is 2.84. The summed E-state index contributed by atoms with van der Waals surface area (Å²) in [6.07, 6.45) is 8.12. The summed E-state index contributed by atoms with van der Waals surface area (Å²) < 4.78 is 0. The Morgan fingerprint density at radius 3 is 2.36 bits per heavy atom. The molecule has 1 aliphatic carbocycles. The summed E-state index contributed by atoms with van der Waals surface area (Å²) in [5, 5.41) is 0. The number of hydrogen-bond acceptors (Lipinski definition) is 1. The number of terminal acetylenes is 1. The molecule has 0 aromatic rings. The zero-order valence-electron chi connectivity index (χ0n) is 7.72. The summed E-state index contributed by atoms with van der Waals surface area (Å²) in [5.41, 5.74) is -0.0457. The number of hydrogen-bond donors (Lipinski definition) is 0. The van der Waals surface area contributed by atoms with Crippen molar-refractivity contribution in [2.75, 3.05) is 6.54 Å². The lowest BCUT2D eigenvalue weighted by Gasteiger charge is -2.33. The number of rotatable bonds is 3. The summed E-state index contributed by atoms with van der Waals surface area (Å²) in [6, 6.07) is 0.769. The first kappa shape index (κ1) is 8.62. The van der Waals surface area contributed by atoms with Crippen molar-refractivity contribution in [2.24, 2.45) is 0 Å². The highest BCUT2D eigenvalue weighted by molar-refractivity contribution is 5.11. The molecule has 0 atom stereocenters. The van der Waals surface area contributed by atoms with E-state index in [-0.39, 0.29) is 5.54 Å². The van der Waals surface area contributed by atoms with Crippen LogP contribution in [0.15, 0.2) is 0 Å². The van der Waals surface area contributed by atoms with Crippen molar-refractivity contribution in [3.05, 3.63) is 0 Å². The van der Waals surface area contributed by atoms with Crippen LogP contribution >= 0.6 is 0 Å². The van der Waals surface area contributed by atoms with Gasteiger partial charge in [-0.25, -0.2) is 0 Å². The molecule has 0 bridgehead atoms. The van der Waals surface area contributed by atoms with Crippen LogP contribution < -0.4 is 0 Å². The monoisotopic (exact) mass is 151 g/mol. The molecule has 0 spiro atoms. The Kier molecular flexibility index (Phi) is 2.25. The van der Waals surface area contributed by atoms with Gasteiger partial charge in [-0.3, -0.25) is 4.90 Å². The maximum Gasteiger partial charge on any atom is 0.0768 e. The van der Waals surface area contributed by atoms with E-state index in [0.29, 0.717) is 0 Å². The Labute approximate surface area is 69.8 Å². The van der Waals surface area contributed by atoms with Gasteiger partial charge in [0.2, 0.25) is 0 Å². The average molecular weight is 151 g/mol. The molecule has 0 unspecified atom stereocenters. The van der Waals surface area contributed by atoms with E-state index in [0.717, 1.165) is 12.6 Å². The van der Waals surface area contributed by atoms with Gasteiger partial charge < -0.3 is 0 Å². The van der Waals surface area contributed by atoms with E-state index in [9.17, 15) is 0 Å². The van der Waals surface area contributed by atoms with E-state index in [1.807, 2.05) is 0 Å². The molecular weight excluding hydrogens is 134 g/mol. The van der Waals surface area contributed by atoms with Gasteiger partial charge in [-0.15, -0.1) is 6.42 Å². The molecule has 1 nitrogen and oxygen atoms in total. The van der Waals surface area contributed by atoms with Crippen molar-refractivity contribution in [1.29, 1.82) is 0 Å². The molecule has 0 aromatic carbocycles. The van der Waals surface area contributed by atoms with Crippen LogP contribution in [-0.4, -0.2) is 23.0 Å². The Balaban J connectivity index is 2.60. The van der Waals surface area contributed by atoms with Gasteiger partial charge in [-0.05, 0) is 33.2 Å². The fourth-order valence-corrected chi connectivity index (χ4v) is 1.58. The van der Waals surface area contributed by atoms with Crippen LogP contribution in [0.5, 0.6) is 0 Å². The van der Waals surface area contributed by atoms with Crippen LogP contribution in [0.3, 0.4) is 0 Å². The van der Waals surface area contributed by atoms with Gasteiger partial charge in [-0.2, -0.15) is 0 Å². The molecule has 11 heavy (non-hydrogen) atoms. The SMILES string of the molecule is C#CC(C)(C)N(CC)C1CC1. The van der Waals surface area contributed by atoms with Crippen molar-refractivity contribution in [3.63, 3.8) is 0 Å². The molecule has 1 heteroatoms. The quantitative estimate of drug-likeness (QED) is 0.557. The molecule has 1 saturated carbocycles. The third-order valence-corrected chi connectivity index (χ3v) is 2.40. The lowest BCUT2D eigenvalue weighted by atomic mass is 10.0. The second-order valence-corrected chi connectivity index (χ2v) is 3.72. The first-order valence-corrected chi connectivity index (χ1v) is 4.36. The Morgan fingerprint density at radius 1 is 1.55 bits per heavy atom. The van der Waals surface area contributed by atoms with Gasteiger partial charge in [0, 0.05) is 6.04 Å². The van der Waals surface area contributed by atoms with Crippen LogP contribution in [0, 0.1) is 12.3 Å². The van der Waals surface area contributed by atoms with Crippen LogP contribution in [0.4, 0.5) is 0 Å². The number of nitrogens with zero attached hydrogens (tertiary/aromatic N) is 1. The molecular formula is C10H17N. The molecule has 1 aliphatic rings. The summed E-state index contributed by atoms with van der Waals surface area (Å²) >= 11 is 0. The summed E-state index contributed by atoms with van der Waals surface area (Å²) in [7, 11) is 0. The van der Waals surface area contributed by atoms with Gasteiger partial charge in [0.25, 0.3) is 0 Å². The molecule has 0 amide bonds. The summed E-state index contributed by atoms with van der Waals surface area (Å²) in [6.45, 7) is 7.49. The zero-order chi connectivity index (χ0) is 8.48. The third kappa shape index (κ3) is 1.75. The highest BCUT2D eigenvalue weighted by atomic mass is 15.2. The van der Waals surface area contributed by atoms with E-state index in [4.69, 9.17) is 6.42 Å². The molecule has 0 heterocycles. The highest BCUT2D eigenvalue weighted by Gasteiger charge is 2.35. The minimum Gasteiger partial charge on any atom is -0.285 e. The molecule has 0 saturated heterocycles. The average Bonchev–Trinajstić information content (AvgIpc) is 2.73. The fraction of sp³-hybridized carbons (Fsp3) is 0.800. The minimum absolute atomic E-state index is 0.0457. The highest BCUT2D eigenvalue weighted by Crippen LogP contribution is 2.31. The van der Waals surface area contributed by atoms with Gasteiger partial charge in [-0.1, -0.05) is 12.8 Å². The van der Waals surface area contributed by atoms with Crippen molar-refractivity contribution in [1.82, 2.24) is 4.90 Å². The van der Waals surface area contributed by atoms with Crippen LogP contribution in [0.1, 0.15) is 33.6 Å². The van der Waals surface area contributed by atoms with Crippen molar-refractivity contribution < 1.29 is 0 Å². The predicted molar refractivity (Wildman–Crippen MR) is 48.3 cm³/mol. The normalized spacial score (nSPS) is 18.5. The van der Waals surface area contributed by atoms with Gasteiger partial charge in [0.15, 0.2) is 0 Å². The maximum absolute atomic E-state index is 5.46. The van der Waals surface area contributed by atoms with Crippen molar-refractivity contribution in [3.8, 4) is 12.3 Å². The van der Waals surface area contributed by atoms with E-state index in [2.05, 4.69) is 31.6 Å². The van der Waals surface area contributed by atoms with Gasteiger partial charge in [0.05, 0.1) is 5.54 Å². The molecule has 1 fully saturated rings. The third-order valence-electron chi connectivity index (χ3n) is 2.40. The van der Waals surface area contributed by atoms with E-state index >= 15 is 0 Å². The van der Waals surface area contributed by atoms with Gasteiger partial charge in [0.1, 0.15) is 0 Å². The lowest BCUT2D eigenvalue weighted by Crippen LogP contribution is -2.44. The standard InChI is InChI=1S/C10H17N/c1-5-10(3,4)11(6-2)9-7-8-9/h1,9H,6-8H2,2-4H3. The molecule has 0 aromatic heterocycles. The van der Waals surface area contributed by atoms with Crippen molar-refractivity contribution in [2.45, 2.75) is 45.2 Å². The van der Waals surface area contributed by atoms with Crippen LogP contribution in [0.25, 0.3) is 0 Å². The largest absolute Gasteiger partial charge is 0.285 e. The Morgan fingerprint density at radius 2 is 2.09 bits per heavy atom. The molecule has 0 N–H and O–H groups in total. The fourth-order valence-electron chi connectivity index (χ4n) is 1.58. The zero-order valence-corrected chi connectivity index (χ0v) is 7.72. The van der Waals surface area contributed by atoms with Gasteiger partial charge >= 0.3 is 0 Å². The van der Waals surface area contributed by atoms with Crippen LogP contribution in [-0.2, 0) is 0 Å². The van der Waals surface area contributed by atoms with E-state index < -0.39 is 0 Å². The Bertz CT molecular complexity index is 172. The lowest BCUT2D eigenvalue weighted by molar-refractivity contribution is 0.169. The smallest absolute Gasteiger partial charge is 0.0768 e. The predicted octanol–water partition coefficient (Wildman–Crippen LogP) is 1.88.